The van der Waals surface area contributed by atoms with E-state index in [1.54, 1.807) is 0 Å². The van der Waals surface area contributed by atoms with Crippen LogP contribution in [0.5, 0.6) is 0 Å². The Morgan fingerprint density at radius 1 is 1.11 bits per heavy atom. The zero-order valence-corrected chi connectivity index (χ0v) is 12.7. The Morgan fingerprint density at radius 3 is 2.28 bits per heavy atom. The molecule has 0 bridgehead atoms. The summed E-state index contributed by atoms with van der Waals surface area (Å²) >= 11 is 0. The highest BCUT2D eigenvalue weighted by atomic mass is 28.3. The number of hydrogen-bond donors (Lipinski definition) is 1. The maximum absolute atomic E-state index is 5.33. The van der Waals surface area contributed by atoms with Crippen molar-refractivity contribution >= 4 is 13.3 Å². The molecule has 0 aliphatic carbocycles. The average molecular weight is 264 g/mol. The van der Waals surface area contributed by atoms with Gasteiger partial charge in [0.05, 0.1) is 21.3 Å². The summed E-state index contributed by atoms with van der Waals surface area (Å²) in [4.78, 5) is 0. The van der Waals surface area contributed by atoms with E-state index in [0.29, 0.717) is 0 Å². The first-order chi connectivity index (χ1) is 8.55. The largest absolute Gasteiger partial charge is 0.379 e. The van der Waals surface area contributed by atoms with Gasteiger partial charge in [0.1, 0.15) is 0 Å². The van der Waals surface area contributed by atoms with Crippen molar-refractivity contribution in [3.05, 3.63) is 29.8 Å². The molecular formula is C14H24N2OSi. The van der Waals surface area contributed by atoms with Crippen LogP contribution < -0.4 is 10.6 Å². The van der Waals surface area contributed by atoms with Gasteiger partial charge in [-0.1, -0.05) is 49.1 Å². The molecule has 1 fully saturated rings. The van der Waals surface area contributed by atoms with Crippen LogP contribution in [-0.2, 0) is 11.3 Å². The first kappa shape index (κ1) is 13.7. The van der Waals surface area contributed by atoms with E-state index in [4.69, 9.17) is 4.74 Å². The lowest BCUT2D eigenvalue weighted by Crippen LogP contribution is -2.45. The lowest BCUT2D eigenvalue weighted by Gasteiger charge is -2.27. The van der Waals surface area contributed by atoms with Gasteiger partial charge in [-0.15, -0.1) is 0 Å². The Labute approximate surface area is 111 Å². The molecule has 1 aromatic carbocycles. The predicted octanol–water partition coefficient (Wildman–Crippen LogP) is 1.57. The van der Waals surface area contributed by atoms with Crippen molar-refractivity contribution in [3.63, 3.8) is 0 Å². The van der Waals surface area contributed by atoms with Gasteiger partial charge in [0.25, 0.3) is 0 Å². The van der Waals surface area contributed by atoms with Crippen LogP contribution in [0.4, 0.5) is 0 Å². The van der Waals surface area contributed by atoms with Crippen molar-refractivity contribution in [2.24, 2.45) is 0 Å². The van der Waals surface area contributed by atoms with Gasteiger partial charge in [0.15, 0.2) is 0 Å². The molecule has 1 heterocycles. The summed E-state index contributed by atoms with van der Waals surface area (Å²) in [5.41, 5.74) is 4.81. The van der Waals surface area contributed by atoms with Crippen LogP contribution in [0.1, 0.15) is 5.56 Å². The van der Waals surface area contributed by atoms with Crippen molar-refractivity contribution in [1.29, 1.82) is 0 Å². The third kappa shape index (κ3) is 3.92. The molecule has 1 aliphatic rings. The number of rotatable bonds is 4. The molecule has 100 valence electrons. The average Bonchev–Trinajstić information content (AvgIpc) is 2.37. The standard InChI is InChI=1S/C14H24N2OSi/c1-18(2,3)14-6-4-13(5-7-14)12-15-16-8-10-17-11-9-16/h4-7,15H,8-12H2,1-3H3. The number of hydrazine groups is 1. The molecule has 0 atom stereocenters. The Hall–Kier alpha value is -0.683. The molecule has 2 rings (SSSR count). The number of benzene rings is 1. The molecule has 18 heavy (non-hydrogen) atoms. The third-order valence-electron chi connectivity index (χ3n) is 3.34. The van der Waals surface area contributed by atoms with Crippen LogP contribution >= 0.6 is 0 Å². The second-order valence-corrected chi connectivity index (χ2v) is 11.0. The maximum atomic E-state index is 5.33. The second-order valence-electron chi connectivity index (χ2n) is 5.88. The van der Waals surface area contributed by atoms with Crippen molar-refractivity contribution in [2.45, 2.75) is 26.2 Å². The smallest absolute Gasteiger partial charge is 0.0775 e. The molecule has 0 unspecified atom stereocenters. The van der Waals surface area contributed by atoms with Crippen molar-refractivity contribution in [1.82, 2.24) is 10.4 Å². The molecule has 0 saturated carbocycles. The first-order valence-corrected chi connectivity index (χ1v) is 10.2. The fourth-order valence-electron chi connectivity index (χ4n) is 2.05. The van der Waals surface area contributed by atoms with Crippen LogP contribution in [0.15, 0.2) is 24.3 Å². The van der Waals surface area contributed by atoms with Crippen molar-refractivity contribution < 1.29 is 4.74 Å². The molecule has 1 saturated heterocycles. The molecule has 0 amide bonds. The molecule has 0 radical (unpaired) electrons. The van der Waals surface area contributed by atoms with E-state index in [9.17, 15) is 0 Å². The Kier molecular flexibility index (Phi) is 4.56. The van der Waals surface area contributed by atoms with Gasteiger partial charge in [-0.25, -0.2) is 5.01 Å². The van der Waals surface area contributed by atoms with E-state index in [0.717, 1.165) is 32.8 Å². The minimum absolute atomic E-state index is 0.835. The van der Waals surface area contributed by atoms with Gasteiger partial charge in [0, 0.05) is 19.6 Å². The number of hydrogen-bond acceptors (Lipinski definition) is 3. The molecule has 1 aromatic rings. The lowest BCUT2D eigenvalue weighted by molar-refractivity contribution is 0.0106. The van der Waals surface area contributed by atoms with Gasteiger partial charge in [-0.2, -0.15) is 0 Å². The summed E-state index contributed by atoms with van der Waals surface area (Å²) in [6, 6.07) is 9.09. The summed E-state index contributed by atoms with van der Waals surface area (Å²) < 4.78 is 5.33. The van der Waals surface area contributed by atoms with Crippen molar-refractivity contribution in [2.75, 3.05) is 26.3 Å². The van der Waals surface area contributed by atoms with E-state index in [2.05, 4.69) is 54.3 Å². The fourth-order valence-corrected chi connectivity index (χ4v) is 3.21. The zero-order chi connectivity index (χ0) is 13.0. The van der Waals surface area contributed by atoms with Crippen LogP contribution in [0.2, 0.25) is 19.6 Å². The predicted molar refractivity (Wildman–Crippen MR) is 78.7 cm³/mol. The molecule has 4 heteroatoms. The van der Waals surface area contributed by atoms with Gasteiger partial charge in [0.2, 0.25) is 0 Å². The second kappa shape index (κ2) is 5.97. The minimum Gasteiger partial charge on any atom is -0.379 e. The van der Waals surface area contributed by atoms with E-state index in [1.807, 2.05) is 0 Å². The highest BCUT2D eigenvalue weighted by molar-refractivity contribution is 6.88. The van der Waals surface area contributed by atoms with E-state index in [-0.39, 0.29) is 0 Å². The number of nitrogens with zero attached hydrogens (tertiary/aromatic N) is 1. The van der Waals surface area contributed by atoms with Gasteiger partial charge >= 0.3 is 0 Å². The van der Waals surface area contributed by atoms with Gasteiger partial charge in [-0.05, 0) is 5.56 Å². The SMILES string of the molecule is C[Si](C)(C)c1ccc(CNN2CCOCC2)cc1. The summed E-state index contributed by atoms with van der Waals surface area (Å²) in [6.45, 7) is 11.7. The fraction of sp³-hybridized carbons (Fsp3) is 0.571. The molecule has 3 nitrogen and oxygen atoms in total. The van der Waals surface area contributed by atoms with E-state index < -0.39 is 8.07 Å². The summed E-state index contributed by atoms with van der Waals surface area (Å²) in [6.07, 6.45) is 0. The van der Waals surface area contributed by atoms with Crippen LogP contribution in [-0.4, -0.2) is 39.4 Å². The van der Waals surface area contributed by atoms with E-state index in [1.165, 1.54) is 10.8 Å². The first-order valence-electron chi connectivity index (χ1n) is 6.71. The van der Waals surface area contributed by atoms with E-state index >= 15 is 0 Å². The summed E-state index contributed by atoms with van der Waals surface area (Å²) in [5, 5.41) is 3.77. The highest BCUT2D eigenvalue weighted by Gasteiger charge is 2.15. The number of nitrogens with one attached hydrogen (secondary N) is 1. The van der Waals surface area contributed by atoms with Crippen LogP contribution in [0.3, 0.4) is 0 Å². The maximum Gasteiger partial charge on any atom is 0.0775 e. The Morgan fingerprint density at radius 2 is 1.72 bits per heavy atom. The summed E-state index contributed by atoms with van der Waals surface area (Å²) in [7, 11) is -1.16. The zero-order valence-electron chi connectivity index (χ0n) is 11.7. The van der Waals surface area contributed by atoms with Gasteiger partial charge < -0.3 is 4.74 Å². The number of ether oxygens (including phenoxy) is 1. The molecule has 0 aromatic heterocycles. The molecule has 1 N–H and O–H groups in total. The topological polar surface area (TPSA) is 24.5 Å². The molecule has 1 aliphatic heterocycles. The normalized spacial score (nSPS) is 17.9. The highest BCUT2D eigenvalue weighted by Crippen LogP contribution is 2.05. The summed E-state index contributed by atoms with van der Waals surface area (Å²) in [5.74, 6) is 0. The third-order valence-corrected chi connectivity index (χ3v) is 5.40. The Balaban J connectivity index is 1.86. The van der Waals surface area contributed by atoms with Crippen molar-refractivity contribution in [3.8, 4) is 0 Å². The van der Waals surface area contributed by atoms with Crippen LogP contribution in [0.25, 0.3) is 0 Å². The monoisotopic (exact) mass is 264 g/mol. The molecule has 0 spiro atoms. The quantitative estimate of drug-likeness (QED) is 0.836. The molecular weight excluding hydrogens is 240 g/mol. The minimum atomic E-state index is -1.16. The van der Waals surface area contributed by atoms with Crippen LogP contribution in [0, 0.1) is 0 Å². The number of morpholine rings is 1. The van der Waals surface area contributed by atoms with Gasteiger partial charge in [-0.3, -0.25) is 5.43 Å². The lowest BCUT2D eigenvalue weighted by atomic mass is 10.2. The Bertz CT molecular complexity index is 366.